The van der Waals surface area contributed by atoms with Crippen LogP contribution in [-0.4, -0.2) is 22.9 Å². The molecule has 0 radical (unpaired) electrons. The van der Waals surface area contributed by atoms with Gasteiger partial charge < -0.3 is 9.94 Å². The van der Waals surface area contributed by atoms with Gasteiger partial charge in [0.25, 0.3) is 0 Å². The maximum absolute atomic E-state index is 10.8. The minimum Gasteiger partial charge on any atom is -0.477 e. The molecule has 0 spiro atoms. The zero-order valence-corrected chi connectivity index (χ0v) is 8.11. The van der Waals surface area contributed by atoms with Gasteiger partial charge in [0.1, 0.15) is 6.10 Å². The Labute approximate surface area is 82.9 Å². The van der Waals surface area contributed by atoms with Crippen molar-refractivity contribution in [3.05, 3.63) is 0 Å². The van der Waals surface area contributed by atoms with Crippen molar-refractivity contribution in [3.8, 4) is 0 Å². The van der Waals surface area contributed by atoms with E-state index in [4.69, 9.17) is 9.94 Å². The summed E-state index contributed by atoms with van der Waals surface area (Å²) in [6, 6.07) is 0. The Morgan fingerprint density at radius 1 is 1.29 bits per heavy atom. The van der Waals surface area contributed by atoms with Crippen LogP contribution >= 0.6 is 0 Å². The van der Waals surface area contributed by atoms with E-state index in [0.717, 1.165) is 25.7 Å². The highest BCUT2D eigenvalue weighted by Crippen LogP contribution is 2.30. The van der Waals surface area contributed by atoms with E-state index in [1.54, 1.807) is 0 Å². The van der Waals surface area contributed by atoms with Crippen LogP contribution in [0, 0.1) is 5.92 Å². The number of oxime groups is 1. The molecule has 14 heavy (non-hydrogen) atoms. The minimum atomic E-state index is -0.918. The highest BCUT2D eigenvalue weighted by atomic mass is 16.6. The summed E-state index contributed by atoms with van der Waals surface area (Å²) < 4.78 is 0. The smallest absolute Gasteiger partial charge is 0.354 e. The summed E-state index contributed by atoms with van der Waals surface area (Å²) in [5, 5.41) is 12.6. The van der Waals surface area contributed by atoms with Crippen LogP contribution in [0.4, 0.5) is 0 Å². The van der Waals surface area contributed by atoms with E-state index in [1.807, 2.05) is 0 Å². The van der Waals surface area contributed by atoms with Gasteiger partial charge >= 0.3 is 5.97 Å². The van der Waals surface area contributed by atoms with Crippen LogP contribution in [0.2, 0.25) is 0 Å². The van der Waals surface area contributed by atoms with Crippen LogP contribution in [0.5, 0.6) is 0 Å². The predicted octanol–water partition coefficient (Wildman–Crippen LogP) is 1.80. The molecule has 0 aromatic rings. The Kier molecular flexibility index (Phi) is 2.70. The Bertz CT molecular complexity index is 262. The van der Waals surface area contributed by atoms with Crippen molar-refractivity contribution in [2.24, 2.45) is 11.1 Å². The molecular weight excluding hydrogens is 182 g/mol. The van der Waals surface area contributed by atoms with Crippen LogP contribution < -0.4 is 0 Å². The lowest BCUT2D eigenvalue weighted by molar-refractivity contribution is -0.129. The maximum Gasteiger partial charge on any atom is 0.354 e. The molecule has 0 bridgehead atoms. The van der Waals surface area contributed by atoms with Crippen molar-refractivity contribution in [1.82, 2.24) is 0 Å². The lowest BCUT2D eigenvalue weighted by Crippen LogP contribution is -2.29. The molecule has 1 aliphatic heterocycles. The van der Waals surface area contributed by atoms with E-state index in [1.165, 1.54) is 12.8 Å². The SMILES string of the molecule is O=C(O)C1=NOC2CCCCCCC12. The molecular formula is C10H15NO3. The largest absolute Gasteiger partial charge is 0.477 e. The molecule has 1 N–H and O–H groups in total. The van der Waals surface area contributed by atoms with Gasteiger partial charge in [0.2, 0.25) is 0 Å². The average Bonchev–Trinajstić information content (AvgIpc) is 2.47. The van der Waals surface area contributed by atoms with Crippen LogP contribution in [-0.2, 0) is 9.63 Å². The molecule has 2 rings (SSSR count). The summed E-state index contributed by atoms with van der Waals surface area (Å²) in [7, 11) is 0. The fourth-order valence-corrected chi connectivity index (χ4v) is 2.28. The van der Waals surface area contributed by atoms with Crippen molar-refractivity contribution in [3.63, 3.8) is 0 Å². The van der Waals surface area contributed by atoms with Crippen LogP contribution in [0.15, 0.2) is 5.16 Å². The molecule has 4 nitrogen and oxygen atoms in total. The number of hydrogen-bond acceptors (Lipinski definition) is 3. The number of carboxylic acid groups (broad SMARTS) is 1. The van der Waals surface area contributed by atoms with Gasteiger partial charge in [-0.1, -0.05) is 24.4 Å². The van der Waals surface area contributed by atoms with Gasteiger partial charge in [-0.2, -0.15) is 0 Å². The van der Waals surface area contributed by atoms with E-state index in [-0.39, 0.29) is 17.7 Å². The van der Waals surface area contributed by atoms with Crippen LogP contribution in [0.25, 0.3) is 0 Å². The molecule has 0 amide bonds. The molecule has 1 saturated carbocycles. The lowest BCUT2D eigenvalue weighted by Gasteiger charge is -2.20. The Hall–Kier alpha value is -1.06. The standard InChI is InChI=1S/C10H15NO3/c12-10(13)9-7-5-3-1-2-4-6-8(7)14-11-9/h7-8H,1-6H2,(H,12,13). The van der Waals surface area contributed by atoms with Crippen molar-refractivity contribution >= 4 is 11.7 Å². The third kappa shape index (κ3) is 1.74. The first kappa shape index (κ1) is 9.49. The first-order valence-electron chi connectivity index (χ1n) is 5.26. The Balaban J connectivity index is 2.07. The molecule has 0 aromatic carbocycles. The fraction of sp³-hybridized carbons (Fsp3) is 0.800. The first-order chi connectivity index (χ1) is 6.79. The van der Waals surface area contributed by atoms with E-state index in [9.17, 15) is 4.79 Å². The predicted molar refractivity (Wildman–Crippen MR) is 51.1 cm³/mol. The molecule has 2 atom stereocenters. The van der Waals surface area contributed by atoms with E-state index in [2.05, 4.69) is 5.16 Å². The number of fused-ring (bicyclic) bond motifs is 1. The topological polar surface area (TPSA) is 58.9 Å². The van der Waals surface area contributed by atoms with Gasteiger partial charge in [-0.05, 0) is 19.3 Å². The molecule has 1 aliphatic carbocycles. The van der Waals surface area contributed by atoms with Gasteiger partial charge in [0.15, 0.2) is 5.71 Å². The number of nitrogens with zero attached hydrogens (tertiary/aromatic N) is 1. The van der Waals surface area contributed by atoms with Crippen LogP contribution in [0.1, 0.15) is 38.5 Å². The molecule has 4 heteroatoms. The molecule has 1 heterocycles. The number of rotatable bonds is 1. The van der Waals surface area contributed by atoms with Crippen molar-refractivity contribution in [2.75, 3.05) is 0 Å². The van der Waals surface area contributed by atoms with E-state index in [0.29, 0.717) is 0 Å². The lowest BCUT2D eigenvalue weighted by atomic mass is 9.86. The number of carbonyl (C=O) groups is 1. The zero-order valence-electron chi connectivity index (χ0n) is 8.11. The third-order valence-corrected chi connectivity index (χ3v) is 3.06. The van der Waals surface area contributed by atoms with Gasteiger partial charge in [0.05, 0.1) is 5.92 Å². The highest BCUT2D eigenvalue weighted by Gasteiger charge is 2.37. The summed E-state index contributed by atoms with van der Waals surface area (Å²) in [5.41, 5.74) is 0.233. The quantitative estimate of drug-likeness (QED) is 0.697. The van der Waals surface area contributed by atoms with E-state index < -0.39 is 5.97 Å². The number of aliphatic carboxylic acids is 1. The highest BCUT2D eigenvalue weighted by molar-refractivity contribution is 6.36. The maximum atomic E-state index is 10.8. The fourth-order valence-electron chi connectivity index (χ4n) is 2.28. The van der Waals surface area contributed by atoms with Gasteiger partial charge in [-0.3, -0.25) is 0 Å². The van der Waals surface area contributed by atoms with Crippen molar-refractivity contribution in [2.45, 2.75) is 44.6 Å². The second-order valence-corrected chi connectivity index (χ2v) is 4.02. The average molecular weight is 197 g/mol. The summed E-state index contributed by atoms with van der Waals surface area (Å²) in [4.78, 5) is 16.0. The molecule has 0 saturated heterocycles. The number of hydrogen-bond donors (Lipinski definition) is 1. The third-order valence-electron chi connectivity index (χ3n) is 3.06. The van der Waals surface area contributed by atoms with E-state index >= 15 is 0 Å². The number of carboxylic acids is 1. The molecule has 2 aliphatic rings. The van der Waals surface area contributed by atoms with Gasteiger partial charge in [0, 0.05) is 0 Å². The second kappa shape index (κ2) is 3.98. The Morgan fingerprint density at radius 2 is 2.00 bits per heavy atom. The Morgan fingerprint density at radius 3 is 2.71 bits per heavy atom. The van der Waals surface area contributed by atoms with Crippen molar-refractivity contribution in [1.29, 1.82) is 0 Å². The summed E-state index contributed by atoms with van der Waals surface area (Å²) in [5.74, 6) is -0.883. The van der Waals surface area contributed by atoms with Gasteiger partial charge in [-0.25, -0.2) is 4.79 Å². The zero-order chi connectivity index (χ0) is 9.97. The summed E-state index contributed by atoms with van der Waals surface area (Å²) >= 11 is 0. The molecule has 1 fully saturated rings. The monoisotopic (exact) mass is 197 g/mol. The van der Waals surface area contributed by atoms with Gasteiger partial charge in [-0.15, -0.1) is 0 Å². The molecule has 2 unspecified atom stereocenters. The van der Waals surface area contributed by atoms with Crippen molar-refractivity contribution < 1.29 is 14.7 Å². The van der Waals surface area contributed by atoms with Crippen LogP contribution in [0.3, 0.4) is 0 Å². The summed E-state index contributed by atoms with van der Waals surface area (Å²) in [6.07, 6.45) is 6.55. The minimum absolute atomic E-state index is 0.0291. The second-order valence-electron chi connectivity index (χ2n) is 4.02. The molecule has 0 aromatic heterocycles. The normalized spacial score (nSPS) is 32.1. The summed E-state index contributed by atoms with van der Waals surface area (Å²) in [6.45, 7) is 0. The molecule has 78 valence electrons. The first-order valence-corrected chi connectivity index (χ1v) is 5.26.